The van der Waals surface area contributed by atoms with E-state index in [9.17, 15) is 19.2 Å². The van der Waals surface area contributed by atoms with Crippen molar-refractivity contribution in [1.29, 1.82) is 0 Å². The Morgan fingerprint density at radius 2 is 1.02 bits per heavy atom. The van der Waals surface area contributed by atoms with Gasteiger partial charge in [0.1, 0.15) is 19.6 Å². The summed E-state index contributed by atoms with van der Waals surface area (Å²) in [6.45, 7) is 6.24. The van der Waals surface area contributed by atoms with Crippen LogP contribution < -0.4 is 20.0 Å². The quantitative estimate of drug-likeness (QED) is 0.269. The van der Waals surface area contributed by atoms with E-state index >= 15 is 0 Å². The van der Waals surface area contributed by atoms with Gasteiger partial charge in [-0.3, -0.25) is 24.1 Å². The van der Waals surface area contributed by atoms with E-state index in [-0.39, 0.29) is 23.6 Å². The van der Waals surface area contributed by atoms with E-state index in [4.69, 9.17) is 4.74 Å². The van der Waals surface area contributed by atoms with E-state index in [1.807, 2.05) is 49.4 Å². The van der Waals surface area contributed by atoms with Gasteiger partial charge in [0, 0.05) is 7.05 Å². The first-order valence-corrected chi connectivity index (χ1v) is 15.9. The largest absolute Gasteiger partial charge is 0.457 e. The maximum Gasteiger partial charge on any atom is 0.266 e. The normalized spacial score (nSPS) is 14.6. The summed E-state index contributed by atoms with van der Waals surface area (Å²) in [6.07, 6.45) is 0. The van der Waals surface area contributed by atoms with Crippen LogP contribution in [0.2, 0.25) is 13.1 Å². The van der Waals surface area contributed by atoms with Crippen LogP contribution in [0.5, 0.6) is 11.5 Å². The second-order valence-corrected chi connectivity index (χ2v) is 15.1. The minimum absolute atomic E-state index is 0.303. The molecule has 0 saturated heterocycles. The molecule has 0 N–H and O–H groups in total. The average molecular weight is 547 g/mol. The van der Waals surface area contributed by atoms with Gasteiger partial charge in [0.2, 0.25) is 0 Å². The molecule has 0 atom stereocenters. The zero-order valence-corrected chi connectivity index (χ0v) is 23.5. The Labute approximate surface area is 232 Å². The summed E-state index contributed by atoms with van der Waals surface area (Å²) in [4.78, 5) is 54.0. The number of carbonyl (C=O) groups excluding carboxylic acids is 4. The Balaban J connectivity index is 1.27. The molecule has 0 spiro atoms. The molecular weight excluding hydrogens is 520 g/mol. The molecule has 7 nitrogen and oxygen atoms in total. The number of aryl methyl sites for hydroxylation is 1. The summed E-state index contributed by atoms with van der Waals surface area (Å²) in [7, 11) is -0.918. The molecule has 0 saturated carbocycles. The first kappa shape index (κ1) is 25.5. The van der Waals surface area contributed by atoms with Crippen LogP contribution in [0.1, 0.15) is 47.0 Å². The lowest BCUT2D eigenvalue weighted by Gasteiger charge is -2.24. The highest BCUT2D eigenvalue weighted by Gasteiger charge is 2.39. The average Bonchev–Trinajstić information content (AvgIpc) is 3.34. The third-order valence-electron chi connectivity index (χ3n) is 7.77. The molecule has 0 unspecified atom stereocenters. The molecular formula is C32H26N2O5Si. The molecule has 198 valence electrons. The second kappa shape index (κ2) is 9.13. The van der Waals surface area contributed by atoms with Gasteiger partial charge in [-0.1, -0.05) is 53.3 Å². The molecule has 0 fully saturated rings. The number of hydrogen-bond donors (Lipinski definition) is 0. The zero-order chi connectivity index (χ0) is 28.3. The summed E-state index contributed by atoms with van der Waals surface area (Å²) in [5.41, 5.74) is 3.12. The maximum absolute atomic E-state index is 13.5. The number of imide groups is 2. The molecule has 0 radical (unpaired) electrons. The summed E-state index contributed by atoms with van der Waals surface area (Å²) >= 11 is 0. The first-order chi connectivity index (χ1) is 19.1. The molecule has 8 heteroatoms. The van der Waals surface area contributed by atoms with Gasteiger partial charge >= 0.3 is 0 Å². The molecule has 4 amide bonds. The molecule has 0 bridgehead atoms. The molecule has 0 aromatic heterocycles. The van der Waals surface area contributed by atoms with Crippen LogP contribution in [0.4, 0.5) is 5.69 Å². The Kier molecular flexibility index (Phi) is 5.81. The van der Waals surface area contributed by atoms with Gasteiger partial charge in [0.05, 0.1) is 27.9 Å². The molecule has 40 heavy (non-hydrogen) atoms. The van der Waals surface area contributed by atoms with Crippen molar-refractivity contribution in [3.8, 4) is 11.5 Å². The Bertz CT molecular complexity index is 1740. The van der Waals surface area contributed by atoms with Gasteiger partial charge in [0.15, 0.2) is 0 Å². The van der Waals surface area contributed by atoms with E-state index in [0.29, 0.717) is 39.4 Å². The number of nitrogens with zero attached hydrogens (tertiary/aromatic N) is 2. The predicted octanol–water partition coefficient (Wildman–Crippen LogP) is 4.64. The van der Waals surface area contributed by atoms with Gasteiger partial charge in [-0.15, -0.1) is 0 Å². The second-order valence-electron chi connectivity index (χ2n) is 10.7. The maximum atomic E-state index is 13.5. The molecule has 6 rings (SSSR count). The number of ether oxygens (including phenoxy) is 1. The zero-order valence-electron chi connectivity index (χ0n) is 22.5. The van der Waals surface area contributed by atoms with E-state index in [1.54, 1.807) is 42.5 Å². The van der Waals surface area contributed by atoms with Crippen molar-refractivity contribution in [2.24, 2.45) is 0 Å². The van der Waals surface area contributed by atoms with Gasteiger partial charge in [-0.2, -0.15) is 0 Å². The number of benzene rings is 4. The van der Waals surface area contributed by atoms with E-state index in [1.165, 1.54) is 11.9 Å². The van der Waals surface area contributed by atoms with E-state index in [2.05, 4.69) is 13.1 Å². The van der Waals surface area contributed by atoms with Crippen molar-refractivity contribution < 1.29 is 23.9 Å². The minimum atomic E-state index is -2.40. The van der Waals surface area contributed by atoms with Crippen molar-refractivity contribution in [2.75, 3.05) is 11.9 Å². The van der Waals surface area contributed by atoms with Crippen molar-refractivity contribution in [3.63, 3.8) is 0 Å². The Morgan fingerprint density at radius 3 is 1.60 bits per heavy atom. The smallest absolute Gasteiger partial charge is 0.266 e. The van der Waals surface area contributed by atoms with E-state index < -0.39 is 8.07 Å². The standard InChI is InChI=1S/C32H26N2O5Si/c1-19-5-9-21(10-6-19)39-22-11-7-20(8-12-22)34-31(37)26-16-14-24(18-28(26)32(34)38)40(3,4)23-13-15-25-27(17-23)30(36)33(2)29(25)35/h5-18H,1-4H3. The summed E-state index contributed by atoms with van der Waals surface area (Å²) in [5, 5.41) is 1.90. The molecule has 2 aliphatic heterocycles. The van der Waals surface area contributed by atoms with Crippen molar-refractivity contribution in [3.05, 3.63) is 113 Å². The lowest BCUT2D eigenvalue weighted by atomic mass is 10.1. The van der Waals surface area contributed by atoms with Crippen LogP contribution in [-0.4, -0.2) is 43.7 Å². The number of anilines is 1. The summed E-state index contributed by atoms with van der Waals surface area (Å²) in [6, 6.07) is 25.4. The highest BCUT2D eigenvalue weighted by Crippen LogP contribution is 2.31. The summed E-state index contributed by atoms with van der Waals surface area (Å²) < 4.78 is 5.88. The van der Waals surface area contributed by atoms with Crippen molar-refractivity contribution in [1.82, 2.24) is 4.90 Å². The molecule has 4 aromatic rings. The van der Waals surface area contributed by atoms with Crippen LogP contribution in [0.15, 0.2) is 84.9 Å². The molecule has 4 aromatic carbocycles. The van der Waals surface area contributed by atoms with Gasteiger partial charge in [0.25, 0.3) is 23.6 Å². The summed E-state index contributed by atoms with van der Waals surface area (Å²) in [5.74, 6) is -0.0716. The number of amides is 4. The lowest BCUT2D eigenvalue weighted by molar-refractivity contribution is 0.0692. The highest BCUT2D eigenvalue weighted by molar-refractivity contribution is 7.00. The topological polar surface area (TPSA) is 84.0 Å². The number of carbonyl (C=O) groups is 4. The fraction of sp³-hybridized carbons (Fsp3) is 0.125. The number of hydrogen-bond acceptors (Lipinski definition) is 5. The number of fused-ring (bicyclic) bond motifs is 2. The predicted molar refractivity (Wildman–Crippen MR) is 155 cm³/mol. The van der Waals surface area contributed by atoms with Crippen LogP contribution >= 0.6 is 0 Å². The van der Waals surface area contributed by atoms with Crippen LogP contribution in [0.3, 0.4) is 0 Å². The number of rotatable bonds is 5. The third kappa shape index (κ3) is 3.96. The fourth-order valence-corrected chi connectivity index (χ4v) is 7.53. The molecule has 2 heterocycles. The minimum Gasteiger partial charge on any atom is -0.457 e. The molecule has 2 aliphatic rings. The highest BCUT2D eigenvalue weighted by atomic mass is 28.3. The Morgan fingerprint density at radius 1 is 0.575 bits per heavy atom. The Hall–Kier alpha value is -4.82. The fourth-order valence-electron chi connectivity index (χ4n) is 5.19. The van der Waals surface area contributed by atoms with Gasteiger partial charge in [-0.05, 0) is 67.6 Å². The van der Waals surface area contributed by atoms with Crippen LogP contribution in [0, 0.1) is 6.92 Å². The van der Waals surface area contributed by atoms with Crippen molar-refractivity contribution >= 4 is 47.8 Å². The lowest BCUT2D eigenvalue weighted by Crippen LogP contribution is -2.53. The first-order valence-electron chi connectivity index (χ1n) is 12.9. The van der Waals surface area contributed by atoms with Crippen LogP contribution in [-0.2, 0) is 0 Å². The van der Waals surface area contributed by atoms with Gasteiger partial charge in [-0.25, -0.2) is 4.90 Å². The van der Waals surface area contributed by atoms with E-state index in [0.717, 1.165) is 20.8 Å². The van der Waals surface area contributed by atoms with Gasteiger partial charge < -0.3 is 4.74 Å². The SMILES string of the molecule is Cc1ccc(Oc2ccc(N3C(=O)c4ccc([Si](C)(C)c5ccc6c(c5)C(=O)N(C)C6=O)cc4C3=O)cc2)cc1. The van der Waals surface area contributed by atoms with Crippen molar-refractivity contribution in [2.45, 2.75) is 20.0 Å². The molecule has 0 aliphatic carbocycles. The third-order valence-corrected chi connectivity index (χ3v) is 11.3. The van der Waals surface area contributed by atoms with Crippen LogP contribution in [0.25, 0.3) is 0 Å². The monoisotopic (exact) mass is 546 g/mol.